The summed E-state index contributed by atoms with van der Waals surface area (Å²) in [4.78, 5) is 15.3. The van der Waals surface area contributed by atoms with Crippen LogP contribution in [0, 0.1) is 0 Å². The summed E-state index contributed by atoms with van der Waals surface area (Å²) in [5.41, 5.74) is 9.76. The molecule has 0 N–H and O–H groups in total. The van der Waals surface area contributed by atoms with Gasteiger partial charge in [-0.3, -0.25) is 0 Å². The highest BCUT2D eigenvalue weighted by Gasteiger charge is 2.14. The molecule has 0 amide bonds. The van der Waals surface area contributed by atoms with Crippen molar-refractivity contribution < 1.29 is 0 Å². The first-order chi connectivity index (χ1) is 26.7. The van der Waals surface area contributed by atoms with E-state index in [0.717, 1.165) is 44.2 Å². The van der Waals surface area contributed by atoms with E-state index in [1.807, 2.05) is 6.07 Å². The number of hydrogen-bond donors (Lipinski definition) is 0. The highest BCUT2D eigenvalue weighted by molar-refractivity contribution is 5.93. The van der Waals surface area contributed by atoms with Crippen LogP contribution in [0.3, 0.4) is 0 Å². The number of benzene rings is 9. The smallest absolute Gasteiger partial charge is 0.164 e. The van der Waals surface area contributed by atoms with Gasteiger partial charge < -0.3 is 0 Å². The van der Waals surface area contributed by atoms with Gasteiger partial charge in [0, 0.05) is 16.7 Å². The Kier molecular flexibility index (Phi) is 7.81. The van der Waals surface area contributed by atoms with E-state index in [0.29, 0.717) is 17.5 Å². The minimum Gasteiger partial charge on any atom is -0.208 e. The Bertz CT molecular complexity index is 2990. The second-order valence-corrected chi connectivity index (χ2v) is 13.7. The van der Waals surface area contributed by atoms with E-state index in [1.165, 1.54) is 38.2 Å². The maximum atomic E-state index is 5.13. The van der Waals surface area contributed by atoms with E-state index in [4.69, 9.17) is 15.0 Å². The molecular weight excluding hydrogens is 655 g/mol. The Labute approximate surface area is 313 Å². The van der Waals surface area contributed by atoms with Crippen LogP contribution in [-0.4, -0.2) is 15.0 Å². The molecule has 0 aliphatic rings. The van der Waals surface area contributed by atoms with Crippen LogP contribution < -0.4 is 0 Å². The highest BCUT2D eigenvalue weighted by atomic mass is 15.0. The van der Waals surface area contributed by atoms with Crippen molar-refractivity contribution in [2.45, 2.75) is 0 Å². The molecular formula is C51H33N3. The quantitative estimate of drug-likeness (QED) is 0.175. The van der Waals surface area contributed by atoms with Gasteiger partial charge in [0.1, 0.15) is 0 Å². The summed E-state index contributed by atoms with van der Waals surface area (Å²) in [5, 5.41) is 7.23. The Morgan fingerprint density at radius 3 is 1.13 bits per heavy atom. The number of rotatable bonds is 6. The maximum Gasteiger partial charge on any atom is 0.164 e. The standard InChI is InChI=1S/C51H33N3/c1-2-9-34(10-3-1)42-15-8-16-46(31-42)50-52-49(39-23-17-37(18-24-39)43-25-19-35-11-4-6-13-40(35)29-43)53-51(54-50)47-28-22-38-21-27-45(32-48(38)33-47)44-26-20-36-12-5-7-14-41(36)30-44/h1-33H. The van der Waals surface area contributed by atoms with Crippen LogP contribution in [0.15, 0.2) is 200 Å². The lowest BCUT2D eigenvalue weighted by atomic mass is 9.97. The number of hydrogen-bond acceptors (Lipinski definition) is 3. The molecule has 252 valence electrons. The predicted octanol–water partition coefficient (Wildman–Crippen LogP) is 13.3. The molecule has 0 aliphatic heterocycles. The zero-order chi connectivity index (χ0) is 35.8. The molecule has 0 spiro atoms. The fraction of sp³-hybridized carbons (Fsp3) is 0. The molecule has 0 saturated heterocycles. The molecule has 0 bridgehead atoms. The first-order valence-electron chi connectivity index (χ1n) is 18.3. The molecule has 0 saturated carbocycles. The van der Waals surface area contributed by atoms with Gasteiger partial charge in [-0.05, 0) is 96.0 Å². The van der Waals surface area contributed by atoms with Gasteiger partial charge in [-0.15, -0.1) is 0 Å². The van der Waals surface area contributed by atoms with E-state index in [-0.39, 0.29) is 0 Å². The summed E-state index contributed by atoms with van der Waals surface area (Å²) in [5.74, 6) is 1.91. The minimum absolute atomic E-state index is 0.634. The molecule has 9 aromatic carbocycles. The molecule has 0 unspecified atom stereocenters. The molecule has 1 aromatic heterocycles. The zero-order valence-corrected chi connectivity index (χ0v) is 29.4. The molecule has 54 heavy (non-hydrogen) atoms. The normalized spacial score (nSPS) is 11.3. The fourth-order valence-electron chi connectivity index (χ4n) is 7.35. The van der Waals surface area contributed by atoms with Gasteiger partial charge in [-0.2, -0.15) is 0 Å². The van der Waals surface area contributed by atoms with Crippen molar-refractivity contribution in [3.63, 3.8) is 0 Å². The molecule has 0 aliphatic carbocycles. The second kappa shape index (κ2) is 13.4. The molecule has 10 aromatic rings. The van der Waals surface area contributed by atoms with Crippen LogP contribution in [0.25, 0.3) is 99.9 Å². The zero-order valence-electron chi connectivity index (χ0n) is 29.4. The van der Waals surface area contributed by atoms with Crippen LogP contribution in [-0.2, 0) is 0 Å². The molecule has 3 heteroatoms. The van der Waals surface area contributed by atoms with Crippen molar-refractivity contribution in [3.05, 3.63) is 200 Å². The van der Waals surface area contributed by atoms with Crippen molar-refractivity contribution >= 4 is 32.3 Å². The lowest BCUT2D eigenvalue weighted by Gasteiger charge is -2.11. The van der Waals surface area contributed by atoms with Gasteiger partial charge in [0.05, 0.1) is 0 Å². The van der Waals surface area contributed by atoms with Gasteiger partial charge in [0.15, 0.2) is 17.5 Å². The van der Waals surface area contributed by atoms with Crippen molar-refractivity contribution in [1.82, 2.24) is 15.0 Å². The summed E-state index contributed by atoms with van der Waals surface area (Å²) in [7, 11) is 0. The molecule has 0 fully saturated rings. The largest absolute Gasteiger partial charge is 0.208 e. The number of aromatic nitrogens is 3. The van der Waals surface area contributed by atoms with Crippen LogP contribution in [0.5, 0.6) is 0 Å². The van der Waals surface area contributed by atoms with Crippen molar-refractivity contribution in [1.29, 1.82) is 0 Å². The van der Waals surface area contributed by atoms with E-state index in [2.05, 4.69) is 194 Å². The summed E-state index contributed by atoms with van der Waals surface area (Å²) in [6.45, 7) is 0. The predicted molar refractivity (Wildman–Crippen MR) is 225 cm³/mol. The molecule has 3 nitrogen and oxygen atoms in total. The summed E-state index contributed by atoms with van der Waals surface area (Å²) >= 11 is 0. The van der Waals surface area contributed by atoms with E-state index in [9.17, 15) is 0 Å². The van der Waals surface area contributed by atoms with Crippen molar-refractivity contribution in [2.24, 2.45) is 0 Å². The average molecular weight is 688 g/mol. The third kappa shape index (κ3) is 6.08. The highest BCUT2D eigenvalue weighted by Crippen LogP contribution is 2.33. The van der Waals surface area contributed by atoms with E-state index < -0.39 is 0 Å². The third-order valence-electron chi connectivity index (χ3n) is 10.3. The fourth-order valence-corrected chi connectivity index (χ4v) is 7.35. The third-order valence-corrected chi connectivity index (χ3v) is 10.3. The lowest BCUT2D eigenvalue weighted by Crippen LogP contribution is -2.00. The Morgan fingerprint density at radius 1 is 0.185 bits per heavy atom. The van der Waals surface area contributed by atoms with Crippen LogP contribution >= 0.6 is 0 Å². The summed E-state index contributed by atoms with van der Waals surface area (Å²) in [6, 6.07) is 70.8. The SMILES string of the molecule is c1ccc(-c2cccc(-c3nc(-c4ccc(-c5ccc6ccccc6c5)cc4)nc(-c4ccc5ccc(-c6ccc7ccccc7c6)cc5c4)n3)c2)cc1. The lowest BCUT2D eigenvalue weighted by molar-refractivity contribution is 1.07. The van der Waals surface area contributed by atoms with Gasteiger partial charge >= 0.3 is 0 Å². The average Bonchev–Trinajstić information content (AvgIpc) is 3.26. The maximum absolute atomic E-state index is 5.13. The Hall–Kier alpha value is -7.23. The number of fused-ring (bicyclic) bond motifs is 3. The summed E-state index contributed by atoms with van der Waals surface area (Å²) < 4.78 is 0. The Morgan fingerprint density at radius 2 is 0.519 bits per heavy atom. The van der Waals surface area contributed by atoms with Gasteiger partial charge in [0.2, 0.25) is 0 Å². The summed E-state index contributed by atoms with van der Waals surface area (Å²) in [6.07, 6.45) is 0. The molecule has 0 radical (unpaired) electrons. The van der Waals surface area contributed by atoms with Crippen molar-refractivity contribution in [2.75, 3.05) is 0 Å². The Balaban J connectivity index is 1.07. The van der Waals surface area contributed by atoms with Gasteiger partial charge in [0.25, 0.3) is 0 Å². The van der Waals surface area contributed by atoms with E-state index in [1.54, 1.807) is 0 Å². The topological polar surface area (TPSA) is 38.7 Å². The monoisotopic (exact) mass is 687 g/mol. The van der Waals surface area contributed by atoms with Gasteiger partial charge in [-0.1, -0.05) is 170 Å². The van der Waals surface area contributed by atoms with Crippen LogP contribution in [0.2, 0.25) is 0 Å². The van der Waals surface area contributed by atoms with Crippen LogP contribution in [0.4, 0.5) is 0 Å². The molecule has 10 rings (SSSR count). The first kappa shape index (κ1) is 31.5. The molecule has 0 atom stereocenters. The van der Waals surface area contributed by atoms with E-state index >= 15 is 0 Å². The first-order valence-corrected chi connectivity index (χ1v) is 18.3. The van der Waals surface area contributed by atoms with Crippen LogP contribution in [0.1, 0.15) is 0 Å². The van der Waals surface area contributed by atoms with Gasteiger partial charge in [-0.25, -0.2) is 15.0 Å². The van der Waals surface area contributed by atoms with Crippen molar-refractivity contribution in [3.8, 4) is 67.5 Å². The molecule has 1 heterocycles. The second-order valence-electron chi connectivity index (χ2n) is 13.7. The minimum atomic E-state index is 0.634. The number of nitrogens with zero attached hydrogens (tertiary/aromatic N) is 3.